The van der Waals surface area contributed by atoms with Crippen molar-refractivity contribution in [2.45, 2.75) is 56.4 Å². The Labute approximate surface area is 114 Å². The smallest absolute Gasteiger partial charge is 0.321 e. The normalized spacial score (nSPS) is 23.9. The lowest BCUT2D eigenvalue weighted by Crippen LogP contribution is -2.47. The summed E-state index contributed by atoms with van der Waals surface area (Å²) in [5.41, 5.74) is 5.71. The van der Waals surface area contributed by atoms with Gasteiger partial charge in [-0.2, -0.15) is 11.8 Å². The van der Waals surface area contributed by atoms with Crippen LogP contribution in [0, 0.1) is 0 Å². The van der Waals surface area contributed by atoms with E-state index in [1.54, 1.807) is 11.8 Å². The van der Waals surface area contributed by atoms with Crippen LogP contribution in [-0.4, -0.2) is 52.2 Å². The molecular weight excluding hydrogens is 248 g/mol. The number of likely N-dealkylation sites (tertiary alicyclic amines) is 1. The summed E-state index contributed by atoms with van der Waals surface area (Å²) in [5.74, 6) is 0.0606. The van der Waals surface area contributed by atoms with E-state index in [9.17, 15) is 4.79 Å². The van der Waals surface area contributed by atoms with Crippen LogP contribution in [0.4, 0.5) is 0 Å². The molecule has 0 aromatic rings. The zero-order chi connectivity index (χ0) is 13.8. The molecule has 0 aromatic carbocycles. The van der Waals surface area contributed by atoms with Gasteiger partial charge in [-0.15, -0.1) is 0 Å². The van der Waals surface area contributed by atoms with Gasteiger partial charge in [-0.25, -0.2) is 0 Å². The van der Waals surface area contributed by atoms with Gasteiger partial charge in [-0.3, -0.25) is 4.79 Å². The highest BCUT2D eigenvalue weighted by molar-refractivity contribution is 8.00. The van der Waals surface area contributed by atoms with Crippen LogP contribution in [0.3, 0.4) is 0 Å². The first-order valence-corrected chi connectivity index (χ1v) is 7.65. The Morgan fingerprint density at radius 1 is 1.56 bits per heavy atom. The molecule has 1 aliphatic heterocycles. The maximum absolute atomic E-state index is 10.9. The maximum atomic E-state index is 10.9. The minimum Gasteiger partial charge on any atom is -0.480 e. The van der Waals surface area contributed by atoms with E-state index in [0.717, 1.165) is 12.2 Å². The number of carbonyl (C=O) groups is 1. The third-order valence-corrected chi connectivity index (χ3v) is 5.30. The van der Waals surface area contributed by atoms with Gasteiger partial charge in [0.1, 0.15) is 6.04 Å². The number of hydrogen-bond acceptors (Lipinski definition) is 4. The number of piperidine rings is 1. The number of hydrogen-bond donors (Lipinski definition) is 2. The van der Waals surface area contributed by atoms with Crippen LogP contribution in [0.25, 0.3) is 0 Å². The molecule has 4 nitrogen and oxygen atoms in total. The van der Waals surface area contributed by atoms with Crippen molar-refractivity contribution in [1.82, 2.24) is 4.90 Å². The van der Waals surface area contributed by atoms with Gasteiger partial charge in [0.25, 0.3) is 0 Å². The molecule has 0 aromatic heterocycles. The molecule has 0 saturated carbocycles. The van der Waals surface area contributed by atoms with Gasteiger partial charge in [0, 0.05) is 10.8 Å². The Morgan fingerprint density at radius 2 is 2.22 bits per heavy atom. The molecule has 1 rings (SSSR count). The standard InChI is InChI=1S/C13H26N2O2S/c1-13(2,11(14)12(16)17)18-9-7-10-6-4-5-8-15(10)3/h10-11H,4-9,14H2,1-3H3,(H,16,17)/t10?,11-/m0/s1. The maximum Gasteiger partial charge on any atom is 0.321 e. The Hall–Kier alpha value is -0.260. The van der Waals surface area contributed by atoms with E-state index in [-0.39, 0.29) is 0 Å². The van der Waals surface area contributed by atoms with Gasteiger partial charge in [-0.05, 0) is 52.5 Å². The Balaban J connectivity index is 2.34. The summed E-state index contributed by atoms with van der Waals surface area (Å²) in [4.78, 5) is 13.3. The average molecular weight is 274 g/mol. The highest BCUT2D eigenvalue weighted by atomic mass is 32.2. The lowest BCUT2D eigenvalue weighted by molar-refractivity contribution is -0.139. The first kappa shape index (κ1) is 15.8. The molecule has 1 heterocycles. The highest BCUT2D eigenvalue weighted by Gasteiger charge is 2.32. The first-order chi connectivity index (χ1) is 8.34. The van der Waals surface area contributed by atoms with Gasteiger partial charge >= 0.3 is 5.97 Å². The fourth-order valence-corrected chi connectivity index (χ4v) is 3.55. The molecule has 1 unspecified atom stereocenters. The van der Waals surface area contributed by atoms with E-state index in [4.69, 9.17) is 10.8 Å². The van der Waals surface area contributed by atoms with Crippen LogP contribution < -0.4 is 5.73 Å². The van der Waals surface area contributed by atoms with Gasteiger partial charge in [-0.1, -0.05) is 6.42 Å². The van der Waals surface area contributed by atoms with Crippen molar-refractivity contribution in [3.05, 3.63) is 0 Å². The Bertz CT molecular complexity index is 284. The van der Waals surface area contributed by atoms with Crippen LogP contribution in [0.2, 0.25) is 0 Å². The molecule has 2 atom stereocenters. The molecule has 18 heavy (non-hydrogen) atoms. The molecule has 3 N–H and O–H groups in total. The minimum absolute atomic E-state index is 0.404. The summed E-state index contributed by atoms with van der Waals surface area (Å²) in [6, 6.07) is -0.144. The number of aliphatic carboxylic acids is 1. The third kappa shape index (κ3) is 4.44. The van der Waals surface area contributed by atoms with Crippen molar-refractivity contribution in [3.8, 4) is 0 Å². The highest BCUT2D eigenvalue weighted by Crippen LogP contribution is 2.29. The number of nitrogens with zero attached hydrogens (tertiary/aromatic N) is 1. The summed E-state index contributed by atoms with van der Waals surface area (Å²) in [6.07, 6.45) is 5.01. The van der Waals surface area contributed by atoms with Crippen LogP contribution >= 0.6 is 11.8 Å². The summed E-state index contributed by atoms with van der Waals surface area (Å²) in [5, 5.41) is 8.96. The summed E-state index contributed by atoms with van der Waals surface area (Å²) in [6.45, 7) is 5.02. The predicted molar refractivity (Wildman–Crippen MR) is 77.0 cm³/mol. The topological polar surface area (TPSA) is 66.6 Å². The van der Waals surface area contributed by atoms with E-state index in [1.807, 2.05) is 13.8 Å². The second kappa shape index (κ2) is 6.78. The summed E-state index contributed by atoms with van der Waals surface area (Å²) >= 11 is 1.68. The first-order valence-electron chi connectivity index (χ1n) is 6.67. The van der Waals surface area contributed by atoms with Crippen molar-refractivity contribution in [2.24, 2.45) is 5.73 Å². The zero-order valence-electron chi connectivity index (χ0n) is 11.7. The van der Waals surface area contributed by atoms with E-state index in [2.05, 4.69) is 11.9 Å². The van der Waals surface area contributed by atoms with Crippen molar-refractivity contribution >= 4 is 17.7 Å². The van der Waals surface area contributed by atoms with Crippen molar-refractivity contribution in [3.63, 3.8) is 0 Å². The molecule has 0 spiro atoms. The number of nitrogens with two attached hydrogens (primary N) is 1. The van der Waals surface area contributed by atoms with E-state index >= 15 is 0 Å². The van der Waals surface area contributed by atoms with Crippen molar-refractivity contribution in [1.29, 1.82) is 0 Å². The summed E-state index contributed by atoms with van der Waals surface area (Å²) < 4.78 is -0.404. The Morgan fingerprint density at radius 3 is 2.78 bits per heavy atom. The molecule has 0 aliphatic carbocycles. The van der Waals surface area contributed by atoms with Gasteiger partial charge < -0.3 is 15.7 Å². The van der Waals surface area contributed by atoms with Gasteiger partial charge in [0.05, 0.1) is 0 Å². The fraction of sp³-hybridized carbons (Fsp3) is 0.923. The van der Waals surface area contributed by atoms with Crippen molar-refractivity contribution < 1.29 is 9.90 Å². The largest absolute Gasteiger partial charge is 0.480 e. The van der Waals surface area contributed by atoms with Crippen LogP contribution in [0.5, 0.6) is 0 Å². The lowest BCUT2D eigenvalue weighted by Gasteiger charge is -2.34. The minimum atomic E-state index is -0.915. The van der Waals surface area contributed by atoms with Gasteiger partial charge in [0.15, 0.2) is 0 Å². The summed E-state index contributed by atoms with van der Waals surface area (Å²) in [7, 11) is 2.18. The molecule has 1 saturated heterocycles. The van der Waals surface area contributed by atoms with E-state index in [1.165, 1.54) is 25.8 Å². The molecule has 1 aliphatic rings. The second-order valence-corrected chi connectivity index (χ2v) is 7.44. The second-order valence-electron chi connectivity index (χ2n) is 5.69. The average Bonchev–Trinajstić information content (AvgIpc) is 2.30. The fourth-order valence-electron chi connectivity index (χ4n) is 2.35. The van der Waals surface area contributed by atoms with Crippen LogP contribution in [0.1, 0.15) is 39.5 Å². The van der Waals surface area contributed by atoms with Crippen molar-refractivity contribution in [2.75, 3.05) is 19.3 Å². The lowest BCUT2D eigenvalue weighted by atomic mass is 10.0. The number of carboxylic acid groups (broad SMARTS) is 1. The third-order valence-electron chi connectivity index (χ3n) is 3.86. The molecule has 0 radical (unpaired) electrons. The molecule has 1 fully saturated rings. The molecule has 5 heteroatoms. The number of thioether (sulfide) groups is 1. The number of rotatable bonds is 6. The van der Waals surface area contributed by atoms with Crippen LogP contribution in [-0.2, 0) is 4.79 Å². The molecular formula is C13H26N2O2S. The zero-order valence-corrected chi connectivity index (χ0v) is 12.5. The monoisotopic (exact) mass is 274 g/mol. The SMILES string of the molecule is CN1CCCCC1CCSC(C)(C)[C@@H](N)C(=O)O. The number of carboxylic acids is 1. The molecule has 0 amide bonds. The van der Waals surface area contributed by atoms with Crippen LogP contribution in [0.15, 0.2) is 0 Å². The van der Waals surface area contributed by atoms with E-state index in [0.29, 0.717) is 6.04 Å². The Kier molecular flexibility index (Phi) is 5.95. The van der Waals surface area contributed by atoms with E-state index < -0.39 is 16.8 Å². The predicted octanol–water partition coefficient (Wildman–Crippen LogP) is 1.78. The van der Waals surface area contributed by atoms with Gasteiger partial charge in [0.2, 0.25) is 0 Å². The molecule has 106 valence electrons. The molecule has 0 bridgehead atoms. The quantitative estimate of drug-likeness (QED) is 0.773.